The summed E-state index contributed by atoms with van der Waals surface area (Å²) in [4.78, 5) is 2.56. The van der Waals surface area contributed by atoms with Gasteiger partial charge in [0, 0.05) is 27.8 Å². The molecule has 2 N–H and O–H groups in total. The van der Waals surface area contributed by atoms with Gasteiger partial charge in [0.1, 0.15) is 5.76 Å². The number of hydrogen-bond donors (Lipinski definition) is 2. The van der Waals surface area contributed by atoms with E-state index in [2.05, 4.69) is 28.2 Å². The predicted molar refractivity (Wildman–Crippen MR) is 77.1 cm³/mol. The van der Waals surface area contributed by atoms with E-state index in [4.69, 9.17) is 4.42 Å². The first kappa shape index (κ1) is 12.0. The molecule has 1 aliphatic heterocycles. The monoisotopic (exact) mass is 278 g/mol. The van der Waals surface area contributed by atoms with Gasteiger partial charge in [-0.3, -0.25) is 4.72 Å². The van der Waals surface area contributed by atoms with Gasteiger partial charge in [-0.15, -0.1) is 11.8 Å². The standard InChI is InChI=1S/C13H14N2OS2/c1-2-10(16-6-1)9-15-18-11-3-4-13-12(8-11)14-5-7-17-13/h1-4,6,8,14-15H,5,7,9H2. The number of nitrogens with one attached hydrogen (secondary N) is 2. The smallest absolute Gasteiger partial charge is 0.118 e. The fourth-order valence-corrected chi connectivity index (χ4v) is 3.36. The number of benzene rings is 1. The lowest BCUT2D eigenvalue weighted by molar-refractivity contribution is 0.507. The van der Waals surface area contributed by atoms with Gasteiger partial charge in [0.15, 0.2) is 0 Å². The normalized spacial score (nSPS) is 14.0. The van der Waals surface area contributed by atoms with Gasteiger partial charge >= 0.3 is 0 Å². The Hall–Kier alpha value is -1.04. The molecule has 2 heterocycles. The molecule has 1 aliphatic rings. The molecular formula is C13H14N2OS2. The Labute approximate surface area is 115 Å². The third-order valence-corrected chi connectivity index (χ3v) is 4.50. The van der Waals surface area contributed by atoms with Crippen LogP contribution >= 0.6 is 23.7 Å². The topological polar surface area (TPSA) is 37.2 Å². The molecule has 0 bridgehead atoms. The quantitative estimate of drug-likeness (QED) is 0.836. The minimum Gasteiger partial charge on any atom is -0.468 e. The highest BCUT2D eigenvalue weighted by Gasteiger charge is 2.09. The van der Waals surface area contributed by atoms with Crippen LogP contribution in [-0.2, 0) is 6.54 Å². The summed E-state index contributed by atoms with van der Waals surface area (Å²) in [6, 6.07) is 10.4. The zero-order chi connectivity index (χ0) is 12.2. The third kappa shape index (κ3) is 2.85. The second-order valence-corrected chi connectivity index (χ2v) is 6.04. The summed E-state index contributed by atoms with van der Waals surface area (Å²) in [6.45, 7) is 1.78. The van der Waals surface area contributed by atoms with Crippen LogP contribution in [0.1, 0.15) is 5.76 Å². The third-order valence-electron chi connectivity index (χ3n) is 2.64. The molecule has 0 amide bonds. The van der Waals surface area contributed by atoms with Crippen molar-refractivity contribution in [2.45, 2.75) is 16.3 Å². The van der Waals surface area contributed by atoms with Gasteiger partial charge in [0.05, 0.1) is 12.8 Å². The van der Waals surface area contributed by atoms with Crippen molar-refractivity contribution in [3.05, 3.63) is 42.4 Å². The Balaban J connectivity index is 1.59. The minimum absolute atomic E-state index is 0.733. The van der Waals surface area contributed by atoms with Crippen molar-refractivity contribution >= 4 is 29.4 Å². The molecule has 0 saturated carbocycles. The Bertz CT molecular complexity index is 514. The summed E-state index contributed by atoms with van der Waals surface area (Å²) >= 11 is 3.54. The molecule has 1 aromatic heterocycles. The molecule has 3 rings (SSSR count). The van der Waals surface area contributed by atoms with Crippen molar-refractivity contribution in [1.29, 1.82) is 0 Å². The fraction of sp³-hybridized carbons (Fsp3) is 0.231. The Morgan fingerprint density at radius 3 is 3.28 bits per heavy atom. The number of rotatable bonds is 4. The van der Waals surface area contributed by atoms with E-state index < -0.39 is 0 Å². The molecule has 18 heavy (non-hydrogen) atoms. The maximum atomic E-state index is 5.27. The summed E-state index contributed by atoms with van der Waals surface area (Å²) in [5.41, 5.74) is 1.25. The van der Waals surface area contributed by atoms with Crippen molar-refractivity contribution in [1.82, 2.24) is 4.72 Å². The van der Waals surface area contributed by atoms with Crippen LogP contribution in [0.5, 0.6) is 0 Å². The van der Waals surface area contributed by atoms with E-state index >= 15 is 0 Å². The predicted octanol–water partition coefficient (Wildman–Crippen LogP) is 3.59. The molecule has 5 heteroatoms. The van der Waals surface area contributed by atoms with E-state index in [1.165, 1.54) is 15.5 Å². The van der Waals surface area contributed by atoms with Gasteiger partial charge in [-0.25, -0.2) is 0 Å². The molecule has 2 aromatic rings. The maximum absolute atomic E-state index is 5.27. The van der Waals surface area contributed by atoms with E-state index in [0.717, 1.165) is 24.6 Å². The summed E-state index contributed by atoms with van der Waals surface area (Å²) in [5.74, 6) is 2.10. The van der Waals surface area contributed by atoms with Crippen LogP contribution in [0.15, 0.2) is 50.8 Å². The summed E-state index contributed by atoms with van der Waals surface area (Å²) < 4.78 is 8.57. The molecule has 0 unspecified atom stereocenters. The lowest BCUT2D eigenvalue weighted by atomic mass is 10.3. The summed E-state index contributed by atoms with van der Waals surface area (Å²) in [6.07, 6.45) is 1.70. The lowest BCUT2D eigenvalue weighted by Crippen LogP contribution is -2.10. The highest BCUT2D eigenvalue weighted by molar-refractivity contribution is 7.99. The molecule has 3 nitrogen and oxygen atoms in total. The first-order valence-electron chi connectivity index (χ1n) is 5.84. The van der Waals surface area contributed by atoms with Crippen molar-refractivity contribution in [3.63, 3.8) is 0 Å². The van der Waals surface area contributed by atoms with Crippen molar-refractivity contribution in [3.8, 4) is 0 Å². The minimum atomic E-state index is 0.733. The molecule has 0 spiro atoms. The Kier molecular flexibility index (Phi) is 3.83. The molecule has 94 valence electrons. The first-order valence-corrected chi connectivity index (χ1v) is 7.65. The van der Waals surface area contributed by atoms with Gasteiger partial charge in [0.25, 0.3) is 0 Å². The number of hydrogen-bond acceptors (Lipinski definition) is 5. The second-order valence-electron chi connectivity index (χ2n) is 3.94. The molecular weight excluding hydrogens is 264 g/mol. The average molecular weight is 278 g/mol. The van der Waals surface area contributed by atoms with Gasteiger partial charge in [-0.2, -0.15) is 0 Å². The number of fused-ring (bicyclic) bond motifs is 1. The molecule has 0 radical (unpaired) electrons. The van der Waals surface area contributed by atoms with Gasteiger partial charge in [-0.05, 0) is 42.3 Å². The van der Waals surface area contributed by atoms with Crippen LogP contribution < -0.4 is 10.0 Å². The molecule has 0 saturated heterocycles. The van der Waals surface area contributed by atoms with Crippen LogP contribution in [0.3, 0.4) is 0 Å². The van der Waals surface area contributed by atoms with E-state index in [-0.39, 0.29) is 0 Å². The fourth-order valence-electron chi connectivity index (χ4n) is 1.79. The van der Waals surface area contributed by atoms with E-state index in [1.54, 1.807) is 18.2 Å². The summed E-state index contributed by atoms with van der Waals surface area (Å²) in [7, 11) is 0. The number of furan rings is 1. The van der Waals surface area contributed by atoms with Crippen LogP contribution in [0.25, 0.3) is 0 Å². The first-order chi connectivity index (χ1) is 8.92. The van der Waals surface area contributed by atoms with E-state index in [9.17, 15) is 0 Å². The molecule has 0 fully saturated rings. The highest BCUT2D eigenvalue weighted by atomic mass is 32.2. The molecule has 1 aromatic carbocycles. The van der Waals surface area contributed by atoms with Crippen LogP contribution in [0.4, 0.5) is 5.69 Å². The van der Waals surface area contributed by atoms with Crippen molar-refractivity contribution in [2.75, 3.05) is 17.6 Å². The van der Waals surface area contributed by atoms with Crippen LogP contribution in [0.2, 0.25) is 0 Å². The Morgan fingerprint density at radius 2 is 2.39 bits per heavy atom. The average Bonchev–Trinajstić information content (AvgIpc) is 2.92. The zero-order valence-electron chi connectivity index (χ0n) is 9.81. The van der Waals surface area contributed by atoms with Gasteiger partial charge in [0.2, 0.25) is 0 Å². The van der Waals surface area contributed by atoms with Crippen molar-refractivity contribution in [2.24, 2.45) is 0 Å². The van der Waals surface area contributed by atoms with E-state index in [0.29, 0.717) is 0 Å². The second kappa shape index (κ2) is 5.73. The van der Waals surface area contributed by atoms with Crippen LogP contribution in [-0.4, -0.2) is 12.3 Å². The van der Waals surface area contributed by atoms with E-state index in [1.807, 2.05) is 23.9 Å². The highest BCUT2D eigenvalue weighted by Crippen LogP contribution is 2.33. The molecule has 0 aliphatic carbocycles. The number of thioether (sulfide) groups is 1. The SMILES string of the molecule is c1coc(CNSc2ccc3c(c2)NCCS3)c1. The largest absolute Gasteiger partial charge is 0.468 e. The maximum Gasteiger partial charge on any atom is 0.118 e. The molecule has 0 atom stereocenters. The van der Waals surface area contributed by atoms with Crippen molar-refractivity contribution < 1.29 is 4.42 Å². The lowest BCUT2D eigenvalue weighted by Gasteiger charge is -2.17. The van der Waals surface area contributed by atoms with Gasteiger partial charge in [-0.1, -0.05) is 0 Å². The number of anilines is 1. The zero-order valence-corrected chi connectivity index (χ0v) is 11.4. The van der Waals surface area contributed by atoms with Gasteiger partial charge < -0.3 is 9.73 Å². The summed E-state index contributed by atoms with van der Waals surface area (Å²) in [5, 5.41) is 3.43. The van der Waals surface area contributed by atoms with Crippen LogP contribution in [0, 0.1) is 0 Å². The Morgan fingerprint density at radius 1 is 1.39 bits per heavy atom.